The number of carbonyl (C=O) groups excluding carboxylic acids is 1. The zero-order chi connectivity index (χ0) is 17.7. The van der Waals surface area contributed by atoms with E-state index in [9.17, 15) is 4.79 Å². The fourth-order valence-corrected chi connectivity index (χ4v) is 2.57. The molecule has 2 rings (SSSR count). The number of methoxy groups -OCH3 is 1. The first-order valence-corrected chi connectivity index (χ1v) is 8.09. The van der Waals surface area contributed by atoms with Gasteiger partial charge in [0, 0.05) is 6.07 Å². The second-order valence-electron chi connectivity index (χ2n) is 6.03. The van der Waals surface area contributed by atoms with Crippen LogP contribution in [0.25, 0.3) is 0 Å². The molecule has 2 aromatic carbocycles. The van der Waals surface area contributed by atoms with Crippen molar-refractivity contribution >= 4 is 5.91 Å². The Morgan fingerprint density at radius 1 is 1.04 bits per heavy atom. The van der Waals surface area contributed by atoms with Gasteiger partial charge in [-0.2, -0.15) is 0 Å². The highest BCUT2D eigenvalue weighted by molar-refractivity contribution is 5.81. The third-order valence-electron chi connectivity index (χ3n) is 3.98. The molecule has 0 bridgehead atoms. The molecule has 4 nitrogen and oxygen atoms in total. The Kier molecular flexibility index (Phi) is 5.85. The average Bonchev–Trinajstić information content (AvgIpc) is 2.57. The fraction of sp³-hybridized carbons (Fsp3) is 0.350. The van der Waals surface area contributed by atoms with E-state index >= 15 is 0 Å². The van der Waals surface area contributed by atoms with Gasteiger partial charge in [-0.15, -0.1) is 0 Å². The SMILES string of the molecule is COc1cccc(O[C@@H](C)C(=O)N[C@H](C)c2cc(C)ccc2C)c1. The summed E-state index contributed by atoms with van der Waals surface area (Å²) < 4.78 is 10.9. The number of ether oxygens (including phenoxy) is 2. The zero-order valence-electron chi connectivity index (χ0n) is 14.9. The molecular weight excluding hydrogens is 302 g/mol. The van der Waals surface area contributed by atoms with Gasteiger partial charge in [-0.1, -0.05) is 29.8 Å². The quantitative estimate of drug-likeness (QED) is 0.874. The van der Waals surface area contributed by atoms with Gasteiger partial charge in [0.2, 0.25) is 0 Å². The molecule has 1 N–H and O–H groups in total. The number of amides is 1. The minimum atomic E-state index is -0.593. The van der Waals surface area contributed by atoms with Crippen LogP contribution in [0.4, 0.5) is 0 Å². The van der Waals surface area contributed by atoms with E-state index in [2.05, 4.69) is 23.5 Å². The standard InChI is InChI=1S/C20H25NO3/c1-13-9-10-14(2)19(11-13)15(3)21-20(22)16(4)24-18-8-6-7-17(12-18)23-5/h6-12,15-16H,1-5H3,(H,21,22)/t15-,16+/m1/s1. The molecule has 2 atom stereocenters. The van der Waals surface area contributed by atoms with E-state index in [0.717, 1.165) is 11.1 Å². The Morgan fingerprint density at radius 2 is 1.75 bits per heavy atom. The van der Waals surface area contributed by atoms with E-state index in [1.54, 1.807) is 26.2 Å². The highest BCUT2D eigenvalue weighted by Crippen LogP contribution is 2.21. The number of rotatable bonds is 6. The van der Waals surface area contributed by atoms with Crippen molar-refractivity contribution in [2.75, 3.05) is 7.11 Å². The van der Waals surface area contributed by atoms with Crippen molar-refractivity contribution in [1.82, 2.24) is 5.32 Å². The summed E-state index contributed by atoms with van der Waals surface area (Å²) >= 11 is 0. The number of hydrogen-bond donors (Lipinski definition) is 1. The van der Waals surface area contributed by atoms with E-state index in [1.165, 1.54) is 5.56 Å². The number of benzene rings is 2. The van der Waals surface area contributed by atoms with Crippen LogP contribution in [0.2, 0.25) is 0 Å². The van der Waals surface area contributed by atoms with Crippen LogP contribution in [0.5, 0.6) is 11.5 Å². The molecule has 0 spiro atoms. The maximum absolute atomic E-state index is 12.4. The molecule has 0 saturated carbocycles. The molecule has 2 aromatic rings. The third kappa shape index (κ3) is 4.51. The lowest BCUT2D eigenvalue weighted by molar-refractivity contribution is -0.127. The Labute approximate surface area is 143 Å². The molecule has 0 fully saturated rings. The molecule has 4 heteroatoms. The molecule has 0 aliphatic carbocycles. The predicted molar refractivity (Wildman–Crippen MR) is 95.6 cm³/mol. The van der Waals surface area contributed by atoms with E-state index in [0.29, 0.717) is 11.5 Å². The van der Waals surface area contributed by atoms with Crippen molar-refractivity contribution in [1.29, 1.82) is 0 Å². The van der Waals surface area contributed by atoms with Crippen LogP contribution < -0.4 is 14.8 Å². The van der Waals surface area contributed by atoms with Gasteiger partial charge in [-0.3, -0.25) is 4.79 Å². The molecular formula is C20H25NO3. The highest BCUT2D eigenvalue weighted by Gasteiger charge is 2.19. The Bertz CT molecular complexity index is 712. The van der Waals surface area contributed by atoms with Crippen LogP contribution in [0.3, 0.4) is 0 Å². The first kappa shape index (κ1) is 17.9. The smallest absolute Gasteiger partial charge is 0.261 e. The Morgan fingerprint density at radius 3 is 2.46 bits per heavy atom. The van der Waals surface area contributed by atoms with Crippen LogP contribution in [-0.2, 0) is 4.79 Å². The average molecular weight is 327 g/mol. The summed E-state index contributed by atoms with van der Waals surface area (Å²) in [5.41, 5.74) is 3.46. The van der Waals surface area contributed by atoms with Crippen molar-refractivity contribution in [3.8, 4) is 11.5 Å². The van der Waals surface area contributed by atoms with Gasteiger partial charge in [0.15, 0.2) is 6.10 Å². The first-order valence-electron chi connectivity index (χ1n) is 8.09. The van der Waals surface area contributed by atoms with Crippen molar-refractivity contribution in [2.45, 2.75) is 39.8 Å². The summed E-state index contributed by atoms with van der Waals surface area (Å²) in [7, 11) is 1.60. The normalized spacial score (nSPS) is 13.0. The summed E-state index contributed by atoms with van der Waals surface area (Å²) in [6, 6.07) is 13.4. The topological polar surface area (TPSA) is 47.6 Å². The van der Waals surface area contributed by atoms with Crippen LogP contribution in [-0.4, -0.2) is 19.1 Å². The van der Waals surface area contributed by atoms with Crippen molar-refractivity contribution in [2.24, 2.45) is 0 Å². The van der Waals surface area contributed by atoms with Gasteiger partial charge < -0.3 is 14.8 Å². The number of carbonyl (C=O) groups is 1. The Balaban J connectivity index is 2.01. The van der Waals surface area contributed by atoms with Gasteiger partial charge in [0.1, 0.15) is 11.5 Å². The van der Waals surface area contributed by atoms with Crippen molar-refractivity contribution in [3.05, 3.63) is 59.2 Å². The minimum absolute atomic E-state index is 0.0752. The molecule has 24 heavy (non-hydrogen) atoms. The summed E-state index contributed by atoms with van der Waals surface area (Å²) in [4.78, 5) is 12.4. The van der Waals surface area contributed by atoms with Crippen LogP contribution in [0.15, 0.2) is 42.5 Å². The first-order chi connectivity index (χ1) is 11.4. The lowest BCUT2D eigenvalue weighted by atomic mass is 10.00. The van der Waals surface area contributed by atoms with Crippen LogP contribution in [0.1, 0.15) is 36.6 Å². The molecule has 128 valence electrons. The monoisotopic (exact) mass is 327 g/mol. The zero-order valence-corrected chi connectivity index (χ0v) is 14.9. The maximum Gasteiger partial charge on any atom is 0.261 e. The van der Waals surface area contributed by atoms with E-state index in [1.807, 2.05) is 32.9 Å². The van der Waals surface area contributed by atoms with Gasteiger partial charge in [-0.25, -0.2) is 0 Å². The second kappa shape index (κ2) is 7.86. The van der Waals surface area contributed by atoms with Crippen LogP contribution in [0, 0.1) is 13.8 Å². The third-order valence-corrected chi connectivity index (χ3v) is 3.98. The largest absolute Gasteiger partial charge is 0.497 e. The van der Waals surface area contributed by atoms with Gasteiger partial charge in [0.05, 0.1) is 13.2 Å². The second-order valence-corrected chi connectivity index (χ2v) is 6.03. The van der Waals surface area contributed by atoms with Gasteiger partial charge >= 0.3 is 0 Å². The van der Waals surface area contributed by atoms with Gasteiger partial charge in [0.25, 0.3) is 5.91 Å². The number of nitrogens with one attached hydrogen (secondary N) is 1. The molecule has 0 radical (unpaired) electrons. The fourth-order valence-electron chi connectivity index (χ4n) is 2.57. The number of aryl methyl sites for hydroxylation is 2. The minimum Gasteiger partial charge on any atom is -0.497 e. The molecule has 0 aliphatic heterocycles. The molecule has 1 amide bonds. The summed E-state index contributed by atoms with van der Waals surface area (Å²) in [6.45, 7) is 7.82. The van der Waals surface area contributed by atoms with E-state index in [-0.39, 0.29) is 11.9 Å². The molecule has 0 aliphatic rings. The molecule has 0 unspecified atom stereocenters. The molecule has 0 saturated heterocycles. The lowest BCUT2D eigenvalue weighted by Gasteiger charge is -2.21. The summed E-state index contributed by atoms with van der Waals surface area (Å²) in [5, 5.41) is 3.02. The predicted octanol–water partition coefficient (Wildman–Crippen LogP) is 3.96. The van der Waals surface area contributed by atoms with Crippen LogP contribution >= 0.6 is 0 Å². The van der Waals surface area contributed by atoms with Crippen molar-refractivity contribution in [3.63, 3.8) is 0 Å². The summed E-state index contributed by atoms with van der Waals surface area (Å²) in [6.07, 6.45) is -0.593. The van der Waals surface area contributed by atoms with Crippen molar-refractivity contribution < 1.29 is 14.3 Å². The number of hydrogen-bond acceptors (Lipinski definition) is 3. The lowest BCUT2D eigenvalue weighted by Crippen LogP contribution is -2.38. The highest BCUT2D eigenvalue weighted by atomic mass is 16.5. The summed E-state index contributed by atoms with van der Waals surface area (Å²) in [5.74, 6) is 1.16. The van der Waals surface area contributed by atoms with Gasteiger partial charge in [-0.05, 0) is 51.0 Å². The Hall–Kier alpha value is -2.49. The molecule has 0 heterocycles. The van der Waals surface area contributed by atoms with E-state index < -0.39 is 6.10 Å². The molecule has 0 aromatic heterocycles. The maximum atomic E-state index is 12.4. The van der Waals surface area contributed by atoms with E-state index in [4.69, 9.17) is 9.47 Å².